The SMILES string of the molecule is CC(C)(C)OC(=O)N1CCC(c2cc3ccccc3c(=O)[nH]2)C1. The fraction of sp³-hybridized carbons (Fsp3) is 0.444. The number of nitrogens with zero attached hydrogens (tertiary/aromatic N) is 1. The van der Waals surface area contributed by atoms with Crippen LogP contribution in [0.3, 0.4) is 0 Å². The molecule has 1 aromatic carbocycles. The Labute approximate surface area is 135 Å². The van der Waals surface area contributed by atoms with Crippen LogP contribution >= 0.6 is 0 Å². The molecule has 1 aliphatic rings. The van der Waals surface area contributed by atoms with Gasteiger partial charge in [-0.2, -0.15) is 0 Å². The van der Waals surface area contributed by atoms with Gasteiger partial charge in [0, 0.05) is 30.1 Å². The van der Waals surface area contributed by atoms with Crippen molar-refractivity contribution in [2.45, 2.75) is 38.7 Å². The number of aromatic nitrogens is 1. The van der Waals surface area contributed by atoms with E-state index in [1.165, 1.54) is 0 Å². The maximum absolute atomic E-state index is 12.2. The van der Waals surface area contributed by atoms with Gasteiger partial charge in [-0.1, -0.05) is 18.2 Å². The van der Waals surface area contributed by atoms with E-state index in [0.717, 1.165) is 17.5 Å². The number of pyridine rings is 1. The first kappa shape index (κ1) is 15.6. The molecule has 1 fully saturated rings. The summed E-state index contributed by atoms with van der Waals surface area (Å²) < 4.78 is 5.41. The van der Waals surface area contributed by atoms with Gasteiger partial charge in [-0.15, -0.1) is 0 Å². The number of hydrogen-bond acceptors (Lipinski definition) is 3. The molecule has 3 rings (SSSR count). The fourth-order valence-electron chi connectivity index (χ4n) is 2.96. The minimum atomic E-state index is -0.494. The Balaban J connectivity index is 1.79. The van der Waals surface area contributed by atoms with Gasteiger partial charge in [0.2, 0.25) is 0 Å². The summed E-state index contributed by atoms with van der Waals surface area (Å²) in [5.74, 6) is 0.139. The van der Waals surface area contributed by atoms with Crippen molar-refractivity contribution in [3.05, 3.63) is 46.4 Å². The summed E-state index contributed by atoms with van der Waals surface area (Å²) in [4.78, 5) is 29.0. The predicted molar refractivity (Wildman–Crippen MR) is 89.7 cm³/mol. The number of nitrogens with one attached hydrogen (secondary N) is 1. The van der Waals surface area contributed by atoms with Crippen LogP contribution in [0.15, 0.2) is 35.1 Å². The Morgan fingerprint density at radius 1 is 1.30 bits per heavy atom. The molecule has 1 N–H and O–H groups in total. The van der Waals surface area contributed by atoms with Gasteiger partial charge in [0.25, 0.3) is 5.56 Å². The van der Waals surface area contributed by atoms with E-state index in [1.807, 2.05) is 51.1 Å². The summed E-state index contributed by atoms with van der Waals surface area (Å²) >= 11 is 0. The van der Waals surface area contributed by atoms with Crippen LogP contribution in [0.1, 0.15) is 38.8 Å². The number of carbonyl (C=O) groups is 1. The second kappa shape index (κ2) is 5.72. The average molecular weight is 314 g/mol. The van der Waals surface area contributed by atoms with Crippen molar-refractivity contribution < 1.29 is 9.53 Å². The maximum atomic E-state index is 12.2. The molecule has 1 unspecified atom stereocenters. The van der Waals surface area contributed by atoms with Crippen molar-refractivity contribution in [3.63, 3.8) is 0 Å². The summed E-state index contributed by atoms with van der Waals surface area (Å²) in [5, 5.41) is 1.63. The quantitative estimate of drug-likeness (QED) is 0.879. The molecular formula is C18H22N2O3. The third-order valence-corrected chi connectivity index (χ3v) is 4.05. The highest BCUT2D eigenvalue weighted by molar-refractivity contribution is 5.81. The highest BCUT2D eigenvalue weighted by Crippen LogP contribution is 2.27. The monoisotopic (exact) mass is 314 g/mol. The van der Waals surface area contributed by atoms with E-state index in [4.69, 9.17) is 4.74 Å². The van der Waals surface area contributed by atoms with Gasteiger partial charge in [-0.05, 0) is 44.7 Å². The summed E-state index contributed by atoms with van der Waals surface area (Å²) in [5.41, 5.74) is 0.320. The molecule has 23 heavy (non-hydrogen) atoms. The van der Waals surface area contributed by atoms with Gasteiger partial charge in [0.15, 0.2) is 0 Å². The molecule has 1 aliphatic heterocycles. The number of fused-ring (bicyclic) bond motifs is 1. The van der Waals surface area contributed by atoms with Crippen LogP contribution in [0.2, 0.25) is 0 Å². The van der Waals surface area contributed by atoms with Crippen molar-refractivity contribution in [1.82, 2.24) is 9.88 Å². The van der Waals surface area contributed by atoms with Crippen molar-refractivity contribution >= 4 is 16.9 Å². The van der Waals surface area contributed by atoms with E-state index in [9.17, 15) is 9.59 Å². The first-order valence-electron chi connectivity index (χ1n) is 7.93. The molecule has 1 saturated heterocycles. The number of H-pyrrole nitrogens is 1. The molecule has 0 saturated carbocycles. The number of benzene rings is 1. The highest BCUT2D eigenvalue weighted by atomic mass is 16.6. The topological polar surface area (TPSA) is 62.4 Å². The second-order valence-corrected chi connectivity index (χ2v) is 7.05. The molecule has 2 heterocycles. The number of ether oxygens (including phenoxy) is 1. The third kappa shape index (κ3) is 3.38. The molecule has 5 heteroatoms. The van der Waals surface area contributed by atoms with Crippen molar-refractivity contribution in [3.8, 4) is 0 Å². The summed E-state index contributed by atoms with van der Waals surface area (Å²) in [6.07, 6.45) is 0.538. The molecule has 2 aromatic rings. The summed E-state index contributed by atoms with van der Waals surface area (Å²) in [6.45, 7) is 6.80. The Morgan fingerprint density at radius 3 is 2.78 bits per heavy atom. The standard InChI is InChI=1S/C18H22N2O3/c1-18(2,3)23-17(22)20-9-8-13(11-20)15-10-12-6-4-5-7-14(12)16(21)19-15/h4-7,10,13H,8-9,11H2,1-3H3,(H,19,21). The lowest BCUT2D eigenvalue weighted by molar-refractivity contribution is 0.0292. The first-order chi connectivity index (χ1) is 10.8. The fourth-order valence-corrected chi connectivity index (χ4v) is 2.96. The normalized spacial score (nSPS) is 18.4. The lowest BCUT2D eigenvalue weighted by Crippen LogP contribution is -2.35. The molecule has 1 aromatic heterocycles. The predicted octanol–water partition coefficient (Wildman–Crippen LogP) is 3.25. The Hall–Kier alpha value is -2.30. The van der Waals surface area contributed by atoms with Crippen LogP contribution in [0.4, 0.5) is 4.79 Å². The van der Waals surface area contributed by atoms with E-state index in [2.05, 4.69) is 4.98 Å². The largest absolute Gasteiger partial charge is 0.444 e. The molecule has 0 bridgehead atoms. The molecule has 1 amide bonds. The minimum Gasteiger partial charge on any atom is -0.444 e. The molecule has 0 radical (unpaired) electrons. The molecular weight excluding hydrogens is 292 g/mol. The molecule has 0 spiro atoms. The van der Waals surface area contributed by atoms with Crippen LogP contribution in [0, 0.1) is 0 Å². The molecule has 122 valence electrons. The van der Waals surface area contributed by atoms with E-state index >= 15 is 0 Å². The van der Waals surface area contributed by atoms with E-state index in [1.54, 1.807) is 4.90 Å². The number of rotatable bonds is 1. The van der Waals surface area contributed by atoms with Crippen LogP contribution < -0.4 is 5.56 Å². The minimum absolute atomic E-state index is 0.0752. The lowest BCUT2D eigenvalue weighted by atomic mass is 10.0. The Kier molecular flexibility index (Phi) is 3.88. The highest BCUT2D eigenvalue weighted by Gasteiger charge is 2.31. The smallest absolute Gasteiger partial charge is 0.410 e. The van der Waals surface area contributed by atoms with Crippen LogP contribution in [-0.2, 0) is 4.74 Å². The van der Waals surface area contributed by atoms with Gasteiger partial charge in [0.1, 0.15) is 5.60 Å². The maximum Gasteiger partial charge on any atom is 0.410 e. The van der Waals surface area contributed by atoms with Gasteiger partial charge >= 0.3 is 6.09 Å². The van der Waals surface area contributed by atoms with E-state index in [0.29, 0.717) is 18.5 Å². The van der Waals surface area contributed by atoms with Gasteiger partial charge < -0.3 is 14.6 Å². The molecule has 0 aliphatic carbocycles. The number of hydrogen-bond donors (Lipinski definition) is 1. The third-order valence-electron chi connectivity index (χ3n) is 4.05. The number of amides is 1. The molecule has 1 atom stereocenters. The van der Waals surface area contributed by atoms with Crippen molar-refractivity contribution in [2.75, 3.05) is 13.1 Å². The van der Waals surface area contributed by atoms with Crippen molar-refractivity contribution in [2.24, 2.45) is 0 Å². The molecule has 5 nitrogen and oxygen atoms in total. The zero-order valence-corrected chi connectivity index (χ0v) is 13.8. The number of aromatic amines is 1. The van der Waals surface area contributed by atoms with Crippen LogP contribution in [0.25, 0.3) is 10.8 Å². The van der Waals surface area contributed by atoms with E-state index < -0.39 is 5.60 Å². The zero-order chi connectivity index (χ0) is 16.6. The second-order valence-electron chi connectivity index (χ2n) is 7.05. The first-order valence-corrected chi connectivity index (χ1v) is 7.93. The number of carbonyl (C=O) groups excluding carboxylic acids is 1. The average Bonchev–Trinajstić information content (AvgIpc) is 2.95. The van der Waals surface area contributed by atoms with Gasteiger partial charge in [0.05, 0.1) is 0 Å². The van der Waals surface area contributed by atoms with Gasteiger partial charge in [-0.3, -0.25) is 4.79 Å². The van der Waals surface area contributed by atoms with Crippen molar-refractivity contribution in [1.29, 1.82) is 0 Å². The lowest BCUT2D eigenvalue weighted by Gasteiger charge is -2.24. The Morgan fingerprint density at radius 2 is 2.04 bits per heavy atom. The van der Waals surface area contributed by atoms with Crippen LogP contribution in [-0.4, -0.2) is 34.7 Å². The Bertz CT molecular complexity index is 789. The van der Waals surface area contributed by atoms with Crippen LogP contribution in [0.5, 0.6) is 0 Å². The van der Waals surface area contributed by atoms with E-state index in [-0.39, 0.29) is 17.6 Å². The summed E-state index contributed by atoms with van der Waals surface area (Å²) in [7, 11) is 0. The van der Waals surface area contributed by atoms with Gasteiger partial charge in [-0.25, -0.2) is 4.79 Å². The summed E-state index contributed by atoms with van der Waals surface area (Å²) in [6, 6.07) is 9.55. The zero-order valence-electron chi connectivity index (χ0n) is 13.8. The number of likely N-dealkylation sites (tertiary alicyclic amines) is 1.